The first-order chi connectivity index (χ1) is 24.5. The predicted molar refractivity (Wildman–Crippen MR) is 210 cm³/mol. The Morgan fingerprint density at radius 2 is 1.14 bits per heavy atom. The molecule has 0 N–H and O–H groups in total. The quantitative estimate of drug-likeness (QED) is 0.189. The summed E-state index contributed by atoms with van der Waals surface area (Å²) >= 11 is 1.84. The van der Waals surface area contributed by atoms with Gasteiger partial charge in [0, 0.05) is 53.2 Å². The molecule has 0 amide bonds. The highest BCUT2D eigenvalue weighted by Gasteiger charge is 2.35. The minimum atomic E-state index is -0.110. The standard InChI is InChI=1S/C46H31N3S/c1-46(2)36-19-11-9-17-32(36)33-23-21-31(26-37(33)46)45-48-39(28-13-5-3-6-14-28)27-40(49-45)30-22-24-41-35(25-30)42-43(29-15-7-4-8-16-29)47-38-20-12-10-18-34(38)44(42)50-41/h3-27H,1-2H3. The Kier molecular flexibility index (Phi) is 6.39. The minimum Gasteiger partial charge on any atom is -0.247 e. The van der Waals surface area contributed by atoms with Crippen LogP contribution in [-0.2, 0) is 5.41 Å². The van der Waals surface area contributed by atoms with Crippen molar-refractivity contribution in [3.05, 3.63) is 163 Å². The van der Waals surface area contributed by atoms with E-state index < -0.39 is 0 Å². The van der Waals surface area contributed by atoms with Crippen LogP contribution >= 0.6 is 11.3 Å². The van der Waals surface area contributed by atoms with Gasteiger partial charge in [-0.3, -0.25) is 0 Å². The molecule has 1 aliphatic rings. The number of nitrogens with zero attached hydrogens (tertiary/aromatic N) is 3. The number of aromatic nitrogens is 3. The molecular weight excluding hydrogens is 627 g/mol. The van der Waals surface area contributed by atoms with Crippen molar-refractivity contribution in [2.75, 3.05) is 0 Å². The molecule has 0 radical (unpaired) electrons. The largest absolute Gasteiger partial charge is 0.247 e. The molecular formula is C46H31N3S. The summed E-state index contributed by atoms with van der Waals surface area (Å²) in [6.45, 7) is 4.63. The van der Waals surface area contributed by atoms with Gasteiger partial charge >= 0.3 is 0 Å². The molecule has 3 nitrogen and oxygen atoms in total. The van der Waals surface area contributed by atoms with Gasteiger partial charge in [0.05, 0.1) is 22.6 Å². The number of pyridine rings is 1. The van der Waals surface area contributed by atoms with Crippen LogP contribution in [0.3, 0.4) is 0 Å². The first kappa shape index (κ1) is 29.0. The monoisotopic (exact) mass is 657 g/mol. The second kappa shape index (κ2) is 11.0. The first-order valence-corrected chi connectivity index (χ1v) is 17.8. The summed E-state index contributed by atoms with van der Waals surface area (Å²) in [5.74, 6) is 0.726. The Morgan fingerprint density at radius 1 is 0.480 bits per heavy atom. The van der Waals surface area contributed by atoms with Gasteiger partial charge in [0.15, 0.2) is 5.82 Å². The van der Waals surface area contributed by atoms with Crippen molar-refractivity contribution in [2.45, 2.75) is 19.3 Å². The molecule has 0 spiro atoms. The Morgan fingerprint density at radius 3 is 1.96 bits per heavy atom. The fourth-order valence-corrected chi connectivity index (χ4v) is 8.97. The van der Waals surface area contributed by atoms with Crippen LogP contribution in [0.2, 0.25) is 0 Å². The van der Waals surface area contributed by atoms with Crippen molar-refractivity contribution in [3.8, 4) is 56.3 Å². The third-order valence-corrected chi connectivity index (χ3v) is 11.5. The summed E-state index contributed by atoms with van der Waals surface area (Å²) < 4.78 is 2.49. The molecule has 0 bridgehead atoms. The van der Waals surface area contributed by atoms with E-state index in [0.717, 1.165) is 50.7 Å². The molecule has 0 saturated carbocycles. The van der Waals surface area contributed by atoms with Gasteiger partial charge in [-0.2, -0.15) is 0 Å². The number of fused-ring (bicyclic) bond motifs is 8. The maximum absolute atomic E-state index is 5.30. The number of hydrogen-bond donors (Lipinski definition) is 0. The van der Waals surface area contributed by atoms with E-state index in [2.05, 4.69) is 159 Å². The van der Waals surface area contributed by atoms with Gasteiger partial charge in [-0.05, 0) is 52.6 Å². The highest BCUT2D eigenvalue weighted by atomic mass is 32.1. The Balaban J connectivity index is 1.19. The molecule has 3 aromatic heterocycles. The van der Waals surface area contributed by atoms with E-state index in [-0.39, 0.29) is 5.41 Å². The van der Waals surface area contributed by atoms with Crippen LogP contribution in [0.5, 0.6) is 0 Å². The zero-order valence-electron chi connectivity index (χ0n) is 27.7. The molecule has 10 rings (SSSR count). The van der Waals surface area contributed by atoms with Crippen LogP contribution in [0.25, 0.3) is 87.4 Å². The molecule has 0 atom stereocenters. The molecule has 4 heteroatoms. The number of rotatable bonds is 4. The molecule has 0 saturated heterocycles. The lowest BCUT2D eigenvalue weighted by atomic mass is 9.82. The topological polar surface area (TPSA) is 38.7 Å². The molecule has 0 aliphatic heterocycles. The summed E-state index contributed by atoms with van der Waals surface area (Å²) in [7, 11) is 0. The summed E-state index contributed by atoms with van der Waals surface area (Å²) in [5, 5.41) is 3.56. The van der Waals surface area contributed by atoms with E-state index in [1.54, 1.807) is 0 Å². The number of hydrogen-bond acceptors (Lipinski definition) is 4. The Bertz CT molecular complexity index is 2780. The van der Waals surface area contributed by atoms with Gasteiger partial charge in [0.25, 0.3) is 0 Å². The molecule has 0 fully saturated rings. The Hall–Kier alpha value is -5.97. The molecule has 50 heavy (non-hydrogen) atoms. The second-order valence-electron chi connectivity index (χ2n) is 13.6. The first-order valence-electron chi connectivity index (χ1n) is 17.0. The minimum absolute atomic E-state index is 0.110. The van der Waals surface area contributed by atoms with Gasteiger partial charge < -0.3 is 0 Å². The third-order valence-electron chi connectivity index (χ3n) is 10.3. The van der Waals surface area contributed by atoms with Gasteiger partial charge in [-0.15, -0.1) is 11.3 Å². The zero-order chi connectivity index (χ0) is 33.4. The average molecular weight is 658 g/mol. The summed E-state index contributed by atoms with van der Waals surface area (Å²) in [4.78, 5) is 15.7. The van der Waals surface area contributed by atoms with Crippen molar-refractivity contribution < 1.29 is 0 Å². The molecule has 236 valence electrons. The smallest absolute Gasteiger partial charge is 0.160 e. The highest BCUT2D eigenvalue weighted by molar-refractivity contribution is 7.26. The summed E-state index contributed by atoms with van der Waals surface area (Å²) in [6, 6.07) is 53.8. The van der Waals surface area contributed by atoms with Gasteiger partial charge in [0.1, 0.15) is 0 Å². The molecule has 3 heterocycles. The van der Waals surface area contributed by atoms with Crippen LogP contribution < -0.4 is 0 Å². The lowest BCUT2D eigenvalue weighted by Gasteiger charge is -2.21. The van der Waals surface area contributed by atoms with E-state index in [1.807, 2.05) is 17.4 Å². The lowest BCUT2D eigenvalue weighted by molar-refractivity contribution is 0.660. The summed E-state index contributed by atoms with van der Waals surface area (Å²) in [6.07, 6.45) is 0. The van der Waals surface area contributed by atoms with Crippen molar-refractivity contribution in [1.29, 1.82) is 0 Å². The van der Waals surface area contributed by atoms with Crippen molar-refractivity contribution >= 4 is 42.4 Å². The van der Waals surface area contributed by atoms with E-state index in [9.17, 15) is 0 Å². The third kappa shape index (κ3) is 4.45. The van der Waals surface area contributed by atoms with Crippen molar-refractivity contribution in [1.82, 2.24) is 15.0 Å². The number of para-hydroxylation sites is 1. The maximum Gasteiger partial charge on any atom is 0.160 e. The number of thiophene rings is 1. The van der Waals surface area contributed by atoms with E-state index in [1.165, 1.54) is 47.8 Å². The lowest BCUT2D eigenvalue weighted by Crippen LogP contribution is -2.15. The van der Waals surface area contributed by atoms with Gasteiger partial charge in [-0.25, -0.2) is 15.0 Å². The average Bonchev–Trinajstić information content (AvgIpc) is 3.67. The predicted octanol–water partition coefficient (Wildman–Crippen LogP) is 12.4. The SMILES string of the molecule is CC1(C)c2ccccc2-c2ccc(-c3nc(-c4ccccc4)cc(-c4ccc5sc6c7ccccc7nc(-c7ccccc7)c6c5c4)n3)cc21. The van der Waals surface area contributed by atoms with E-state index >= 15 is 0 Å². The fourth-order valence-electron chi connectivity index (χ4n) is 7.75. The van der Waals surface area contributed by atoms with Crippen LogP contribution in [0.1, 0.15) is 25.0 Å². The van der Waals surface area contributed by atoms with E-state index in [0.29, 0.717) is 0 Å². The van der Waals surface area contributed by atoms with Crippen LogP contribution in [0.15, 0.2) is 152 Å². The second-order valence-corrected chi connectivity index (χ2v) is 14.7. The molecule has 0 unspecified atom stereocenters. The van der Waals surface area contributed by atoms with Gasteiger partial charge in [0.2, 0.25) is 0 Å². The molecule has 1 aliphatic carbocycles. The van der Waals surface area contributed by atoms with Crippen LogP contribution in [0, 0.1) is 0 Å². The Labute approximate surface area is 294 Å². The van der Waals surface area contributed by atoms with Crippen molar-refractivity contribution in [2.24, 2.45) is 0 Å². The maximum atomic E-state index is 5.30. The fraction of sp³-hybridized carbons (Fsp3) is 0.0652. The molecule has 6 aromatic carbocycles. The number of benzene rings is 6. The molecule has 9 aromatic rings. The van der Waals surface area contributed by atoms with Crippen LogP contribution in [-0.4, -0.2) is 15.0 Å². The zero-order valence-corrected chi connectivity index (χ0v) is 28.5. The van der Waals surface area contributed by atoms with Gasteiger partial charge in [-0.1, -0.05) is 135 Å². The normalized spacial score (nSPS) is 13.2. The van der Waals surface area contributed by atoms with Crippen molar-refractivity contribution in [3.63, 3.8) is 0 Å². The summed E-state index contributed by atoms with van der Waals surface area (Å²) in [5.41, 5.74) is 13.2. The highest BCUT2D eigenvalue weighted by Crippen LogP contribution is 2.49. The van der Waals surface area contributed by atoms with E-state index in [4.69, 9.17) is 15.0 Å². The van der Waals surface area contributed by atoms with Crippen LogP contribution in [0.4, 0.5) is 0 Å².